The van der Waals surface area contributed by atoms with Crippen LogP contribution in [-0.2, 0) is 16.2 Å². The Hall–Kier alpha value is -7.68. The summed E-state index contributed by atoms with van der Waals surface area (Å²) < 4.78 is 0. The summed E-state index contributed by atoms with van der Waals surface area (Å²) >= 11 is 0. The van der Waals surface area contributed by atoms with Gasteiger partial charge in [-0.05, 0) is 138 Å². The first kappa shape index (κ1) is 37.8. The number of benzene rings is 10. The Balaban J connectivity index is 1.13. The van der Waals surface area contributed by atoms with Crippen molar-refractivity contribution in [3.63, 3.8) is 0 Å². The molecule has 2 aliphatic heterocycles. The van der Waals surface area contributed by atoms with Crippen LogP contribution in [0.15, 0.2) is 218 Å². The van der Waals surface area contributed by atoms with Gasteiger partial charge in [-0.15, -0.1) is 0 Å². The van der Waals surface area contributed by atoms with Crippen LogP contribution in [0.1, 0.15) is 72.2 Å². The molecule has 0 bridgehead atoms. The third-order valence-corrected chi connectivity index (χ3v) is 15.3. The molecule has 2 heteroatoms. The monoisotopic (exact) mass is 832 g/mol. The SMILES string of the molecule is CC1(C)c2ccccc2N(c2ccc3c(c2)C(c2ccc4ccccc4c2)(c2ccc4ccccc4c2)c2cc(N4c5ccccc5C(C)(C)c5ccccc54)ccc2-3)c2ccccc21. The van der Waals surface area contributed by atoms with E-state index in [0.717, 1.165) is 11.4 Å². The van der Waals surface area contributed by atoms with Crippen molar-refractivity contribution < 1.29 is 0 Å². The fourth-order valence-corrected chi connectivity index (χ4v) is 12.1. The topological polar surface area (TPSA) is 6.48 Å². The Morgan fingerprint density at radius 3 is 0.969 bits per heavy atom. The Bertz CT molecular complexity index is 3250. The predicted octanol–water partition coefficient (Wildman–Crippen LogP) is 16.6. The standard InChI is InChI=1S/C63H48N2/c1-61(2)51-21-9-13-25-57(51)64(58-26-14-10-22-52(58)61)47-33-35-49-50-36-34-48(65-59-27-15-11-23-53(59)62(3,4)54-24-12-16-28-60(54)65)40-56(50)63(55(49)39-47,45-31-29-41-17-5-7-19-43(41)37-45)46-32-30-42-18-6-8-20-44(42)38-46/h5-40H,1-4H3. The van der Waals surface area contributed by atoms with E-state index in [1.807, 2.05) is 0 Å². The maximum Gasteiger partial charge on any atom is 0.0715 e. The second kappa shape index (κ2) is 13.7. The van der Waals surface area contributed by atoms with Crippen molar-refractivity contribution in [1.82, 2.24) is 0 Å². The first-order valence-corrected chi connectivity index (χ1v) is 23.0. The first-order chi connectivity index (χ1) is 31.7. The van der Waals surface area contributed by atoms with Crippen LogP contribution in [0.3, 0.4) is 0 Å². The van der Waals surface area contributed by atoms with Crippen LogP contribution in [0.2, 0.25) is 0 Å². The number of hydrogen-bond donors (Lipinski definition) is 0. The van der Waals surface area contributed by atoms with Gasteiger partial charge in [-0.3, -0.25) is 0 Å². The normalized spacial score (nSPS) is 15.7. The fraction of sp³-hybridized carbons (Fsp3) is 0.111. The molecule has 2 nitrogen and oxygen atoms in total. The van der Waals surface area contributed by atoms with Gasteiger partial charge in [0.2, 0.25) is 0 Å². The molecule has 10 aromatic rings. The Kier molecular flexibility index (Phi) is 7.95. The maximum absolute atomic E-state index is 2.53. The van der Waals surface area contributed by atoms with Crippen molar-refractivity contribution in [3.05, 3.63) is 263 Å². The highest BCUT2D eigenvalue weighted by Crippen LogP contribution is 2.61. The summed E-state index contributed by atoms with van der Waals surface area (Å²) in [6.45, 7) is 9.46. The lowest BCUT2D eigenvalue weighted by atomic mass is 9.67. The lowest BCUT2D eigenvalue weighted by molar-refractivity contribution is 0.632. The summed E-state index contributed by atoms with van der Waals surface area (Å²) in [6.07, 6.45) is 0. The summed E-state index contributed by atoms with van der Waals surface area (Å²) in [5.74, 6) is 0. The molecule has 0 spiro atoms. The average Bonchev–Trinajstić information content (AvgIpc) is 3.63. The van der Waals surface area contributed by atoms with E-state index in [9.17, 15) is 0 Å². The van der Waals surface area contributed by atoms with E-state index in [-0.39, 0.29) is 10.8 Å². The van der Waals surface area contributed by atoms with E-state index < -0.39 is 5.41 Å². The van der Waals surface area contributed by atoms with E-state index in [4.69, 9.17) is 0 Å². The number of fused-ring (bicyclic) bond motifs is 9. The minimum absolute atomic E-state index is 0.159. The van der Waals surface area contributed by atoms with Crippen molar-refractivity contribution in [3.8, 4) is 11.1 Å². The number of rotatable bonds is 4. The van der Waals surface area contributed by atoms with Crippen LogP contribution in [0.25, 0.3) is 32.7 Å². The molecule has 0 radical (unpaired) electrons. The molecule has 2 heterocycles. The quantitative estimate of drug-likeness (QED) is 0.174. The first-order valence-electron chi connectivity index (χ1n) is 23.0. The minimum Gasteiger partial charge on any atom is -0.310 e. The summed E-state index contributed by atoms with van der Waals surface area (Å²) in [5.41, 5.74) is 19.1. The summed E-state index contributed by atoms with van der Waals surface area (Å²) in [5, 5.41) is 4.93. The highest BCUT2D eigenvalue weighted by molar-refractivity contribution is 5.96. The molecule has 0 saturated heterocycles. The van der Waals surface area contributed by atoms with Crippen molar-refractivity contribution in [2.45, 2.75) is 43.9 Å². The van der Waals surface area contributed by atoms with Crippen LogP contribution in [-0.4, -0.2) is 0 Å². The van der Waals surface area contributed by atoms with Gasteiger partial charge in [0.1, 0.15) is 0 Å². The van der Waals surface area contributed by atoms with E-state index >= 15 is 0 Å². The third-order valence-electron chi connectivity index (χ3n) is 15.3. The molecule has 1 aliphatic carbocycles. The lowest BCUT2D eigenvalue weighted by Gasteiger charge is -2.42. The van der Waals surface area contributed by atoms with Gasteiger partial charge in [-0.1, -0.05) is 185 Å². The Morgan fingerprint density at radius 1 is 0.277 bits per heavy atom. The average molecular weight is 833 g/mol. The second-order valence-electron chi connectivity index (χ2n) is 19.3. The van der Waals surface area contributed by atoms with Crippen LogP contribution >= 0.6 is 0 Å². The van der Waals surface area contributed by atoms with E-state index in [2.05, 4.69) is 256 Å². The lowest BCUT2D eigenvalue weighted by Crippen LogP contribution is -2.32. The molecule has 0 fully saturated rings. The van der Waals surface area contributed by atoms with Gasteiger partial charge in [0.05, 0.1) is 28.2 Å². The highest BCUT2D eigenvalue weighted by atomic mass is 15.2. The molecular weight excluding hydrogens is 785 g/mol. The van der Waals surface area contributed by atoms with E-state index in [0.29, 0.717) is 0 Å². The molecule has 65 heavy (non-hydrogen) atoms. The number of anilines is 6. The smallest absolute Gasteiger partial charge is 0.0715 e. The molecule has 0 amide bonds. The largest absolute Gasteiger partial charge is 0.310 e. The minimum atomic E-state index is -0.688. The molecule has 0 atom stereocenters. The Labute approximate surface area is 381 Å². The van der Waals surface area contributed by atoms with E-state index in [1.54, 1.807) is 0 Å². The van der Waals surface area contributed by atoms with Crippen LogP contribution in [0.5, 0.6) is 0 Å². The van der Waals surface area contributed by atoms with Gasteiger partial charge in [0.15, 0.2) is 0 Å². The zero-order chi connectivity index (χ0) is 43.7. The second-order valence-corrected chi connectivity index (χ2v) is 19.3. The summed E-state index contributed by atoms with van der Waals surface area (Å²) in [6, 6.07) is 82.6. The number of hydrogen-bond acceptors (Lipinski definition) is 2. The van der Waals surface area contributed by atoms with Crippen molar-refractivity contribution in [1.29, 1.82) is 0 Å². The molecular formula is C63H48N2. The Morgan fingerprint density at radius 2 is 0.600 bits per heavy atom. The highest BCUT2D eigenvalue weighted by Gasteiger charge is 2.48. The molecule has 0 aromatic heterocycles. The molecule has 10 aromatic carbocycles. The predicted molar refractivity (Wildman–Crippen MR) is 272 cm³/mol. The fourth-order valence-electron chi connectivity index (χ4n) is 12.1. The molecule has 310 valence electrons. The van der Waals surface area contributed by atoms with Gasteiger partial charge in [-0.2, -0.15) is 0 Å². The molecule has 0 saturated carbocycles. The van der Waals surface area contributed by atoms with Crippen molar-refractivity contribution in [2.24, 2.45) is 0 Å². The van der Waals surface area contributed by atoms with Crippen LogP contribution in [0.4, 0.5) is 34.1 Å². The summed E-state index contributed by atoms with van der Waals surface area (Å²) in [4.78, 5) is 5.03. The van der Waals surface area contributed by atoms with Gasteiger partial charge in [0, 0.05) is 22.2 Å². The molecule has 0 N–H and O–H groups in total. The van der Waals surface area contributed by atoms with Gasteiger partial charge >= 0.3 is 0 Å². The van der Waals surface area contributed by atoms with Gasteiger partial charge in [0.25, 0.3) is 0 Å². The van der Waals surface area contributed by atoms with Crippen LogP contribution in [0, 0.1) is 0 Å². The van der Waals surface area contributed by atoms with Gasteiger partial charge < -0.3 is 9.80 Å². The zero-order valence-electron chi connectivity index (χ0n) is 37.2. The van der Waals surface area contributed by atoms with Gasteiger partial charge in [-0.25, -0.2) is 0 Å². The summed E-state index contributed by atoms with van der Waals surface area (Å²) in [7, 11) is 0. The van der Waals surface area contributed by atoms with Crippen molar-refractivity contribution in [2.75, 3.05) is 9.80 Å². The zero-order valence-corrected chi connectivity index (χ0v) is 37.2. The molecule has 13 rings (SSSR count). The third kappa shape index (κ3) is 5.23. The molecule has 3 aliphatic rings. The molecule has 0 unspecified atom stereocenters. The maximum atomic E-state index is 2.53. The number of nitrogens with zero attached hydrogens (tertiary/aromatic N) is 2. The van der Waals surface area contributed by atoms with Crippen LogP contribution < -0.4 is 9.80 Å². The number of para-hydroxylation sites is 4. The van der Waals surface area contributed by atoms with E-state index in [1.165, 1.54) is 99.9 Å². The van der Waals surface area contributed by atoms with Crippen molar-refractivity contribution >= 4 is 55.7 Å².